The fourth-order valence-electron chi connectivity index (χ4n) is 6.87. The number of nitrogens with zero attached hydrogens (tertiary/aromatic N) is 2. The molecule has 10 rings (SSSR count). The molecular formula is C54H38N2O2. The van der Waals surface area contributed by atoms with Gasteiger partial charge in [-0.25, -0.2) is 9.97 Å². The molecule has 0 atom stereocenters. The summed E-state index contributed by atoms with van der Waals surface area (Å²) in [6.07, 6.45) is 3.58. The molecule has 0 aliphatic heterocycles. The first-order chi connectivity index (χ1) is 28.7. The van der Waals surface area contributed by atoms with Crippen molar-refractivity contribution in [3.8, 4) is 90.1 Å². The summed E-state index contributed by atoms with van der Waals surface area (Å²) in [5.74, 6) is 2.80. The van der Waals surface area contributed by atoms with Gasteiger partial charge in [0.25, 0.3) is 0 Å². The number of hydrogen-bond acceptors (Lipinski definition) is 4. The molecule has 0 amide bonds. The lowest BCUT2D eigenvalue weighted by Crippen LogP contribution is -1.80. The molecule has 2 heterocycles. The highest BCUT2D eigenvalue weighted by atomic mass is 16.4. The Hall–Kier alpha value is -7.82. The lowest BCUT2D eigenvalue weighted by molar-refractivity contribution is 0.588. The molecule has 58 heavy (non-hydrogen) atoms. The average molecular weight is 747 g/mol. The van der Waals surface area contributed by atoms with Gasteiger partial charge < -0.3 is 8.83 Å². The van der Waals surface area contributed by atoms with E-state index in [1.165, 1.54) is 44.5 Å². The summed E-state index contributed by atoms with van der Waals surface area (Å²) in [7, 11) is 0. The van der Waals surface area contributed by atoms with Crippen molar-refractivity contribution in [1.29, 1.82) is 0 Å². The lowest BCUT2D eigenvalue weighted by atomic mass is 10.0. The summed E-state index contributed by atoms with van der Waals surface area (Å²) in [6, 6.07) is 74.7. The first-order valence-electron chi connectivity index (χ1n) is 19.3. The summed E-state index contributed by atoms with van der Waals surface area (Å²) in [4.78, 5) is 8.96. The summed E-state index contributed by atoms with van der Waals surface area (Å²) in [5.41, 5.74) is 13.5. The van der Waals surface area contributed by atoms with Crippen LogP contribution in [-0.4, -0.2) is 9.97 Å². The second-order valence-electron chi connectivity index (χ2n) is 13.8. The monoisotopic (exact) mass is 746 g/mol. The summed E-state index contributed by atoms with van der Waals surface area (Å²) in [6.45, 7) is 0. The van der Waals surface area contributed by atoms with E-state index in [4.69, 9.17) is 8.83 Å². The third-order valence-corrected chi connectivity index (χ3v) is 10.0. The number of benzene rings is 8. The molecule has 0 radical (unpaired) electrons. The van der Waals surface area contributed by atoms with Crippen LogP contribution < -0.4 is 0 Å². The second kappa shape index (κ2) is 16.9. The van der Waals surface area contributed by atoms with E-state index in [-0.39, 0.29) is 0 Å². The van der Waals surface area contributed by atoms with Gasteiger partial charge in [0.2, 0.25) is 11.8 Å². The normalized spacial score (nSPS) is 10.8. The van der Waals surface area contributed by atoms with Gasteiger partial charge in [-0.2, -0.15) is 0 Å². The van der Waals surface area contributed by atoms with Gasteiger partial charge in [-0.15, -0.1) is 0 Å². The Morgan fingerprint density at radius 1 is 0.207 bits per heavy atom. The molecule has 0 spiro atoms. The minimum Gasteiger partial charge on any atom is -0.436 e. The van der Waals surface area contributed by atoms with Crippen LogP contribution in [0.1, 0.15) is 0 Å². The Labute approximate surface area is 338 Å². The molecule has 0 bridgehead atoms. The molecule has 2 aromatic heterocycles. The largest absolute Gasteiger partial charge is 0.436 e. The van der Waals surface area contributed by atoms with Crippen LogP contribution >= 0.6 is 0 Å². The van der Waals surface area contributed by atoms with Crippen LogP contribution in [0.3, 0.4) is 0 Å². The van der Waals surface area contributed by atoms with E-state index in [2.05, 4.69) is 180 Å². The van der Waals surface area contributed by atoms with Crippen molar-refractivity contribution in [2.75, 3.05) is 0 Å². The Morgan fingerprint density at radius 3 is 0.672 bits per heavy atom. The maximum absolute atomic E-state index is 6.04. The van der Waals surface area contributed by atoms with Crippen LogP contribution in [0.4, 0.5) is 0 Å². The van der Waals surface area contributed by atoms with Crippen molar-refractivity contribution >= 4 is 0 Å². The standard InChI is InChI=1S/2C27H19NO/c2*1-3-7-20(8-4-1)22-11-15-24(16-12-22)26-19-28-27(29-26)25-17-13-23(14-18-25)21-9-5-2-6-10-21/h2*1-19H. The zero-order valence-electron chi connectivity index (χ0n) is 31.7. The van der Waals surface area contributed by atoms with Crippen molar-refractivity contribution in [3.05, 3.63) is 231 Å². The second-order valence-corrected chi connectivity index (χ2v) is 13.8. The number of aromatic nitrogens is 2. The molecule has 0 N–H and O–H groups in total. The average Bonchev–Trinajstić information content (AvgIpc) is 4.03. The van der Waals surface area contributed by atoms with Crippen molar-refractivity contribution < 1.29 is 8.83 Å². The number of rotatable bonds is 8. The van der Waals surface area contributed by atoms with Crippen molar-refractivity contribution in [3.63, 3.8) is 0 Å². The maximum atomic E-state index is 6.04. The quantitative estimate of drug-likeness (QED) is 0.155. The molecule has 0 saturated carbocycles. The van der Waals surface area contributed by atoms with Crippen LogP contribution in [0.5, 0.6) is 0 Å². The van der Waals surface area contributed by atoms with E-state index >= 15 is 0 Å². The first-order valence-corrected chi connectivity index (χ1v) is 19.3. The van der Waals surface area contributed by atoms with Crippen molar-refractivity contribution in [2.45, 2.75) is 0 Å². The van der Waals surface area contributed by atoms with E-state index in [1.807, 2.05) is 48.5 Å². The van der Waals surface area contributed by atoms with Crippen LogP contribution in [-0.2, 0) is 0 Å². The molecule has 0 aliphatic rings. The third-order valence-electron chi connectivity index (χ3n) is 10.0. The zero-order chi connectivity index (χ0) is 38.9. The van der Waals surface area contributed by atoms with E-state index in [0.717, 1.165) is 33.8 Å². The Kier molecular flexibility index (Phi) is 10.5. The van der Waals surface area contributed by atoms with Gasteiger partial charge in [-0.1, -0.05) is 194 Å². The minimum absolute atomic E-state index is 0.631. The zero-order valence-corrected chi connectivity index (χ0v) is 31.7. The van der Waals surface area contributed by atoms with Gasteiger partial charge in [0.05, 0.1) is 12.4 Å². The number of hydrogen-bond donors (Lipinski definition) is 0. The maximum Gasteiger partial charge on any atom is 0.226 e. The molecule has 4 nitrogen and oxygen atoms in total. The highest BCUT2D eigenvalue weighted by Crippen LogP contribution is 2.32. The van der Waals surface area contributed by atoms with E-state index in [0.29, 0.717) is 11.8 Å². The minimum atomic E-state index is 0.631. The first kappa shape index (κ1) is 35.9. The summed E-state index contributed by atoms with van der Waals surface area (Å²) >= 11 is 0. The fourth-order valence-corrected chi connectivity index (χ4v) is 6.87. The lowest BCUT2D eigenvalue weighted by Gasteiger charge is -2.03. The third kappa shape index (κ3) is 8.23. The topological polar surface area (TPSA) is 52.1 Å². The summed E-state index contributed by atoms with van der Waals surface area (Å²) < 4.78 is 12.1. The van der Waals surface area contributed by atoms with Crippen LogP contribution in [0.15, 0.2) is 240 Å². The van der Waals surface area contributed by atoms with Gasteiger partial charge in [-0.05, 0) is 68.8 Å². The smallest absolute Gasteiger partial charge is 0.226 e. The Bertz CT molecular complexity index is 2420. The molecule has 276 valence electrons. The van der Waals surface area contributed by atoms with E-state index in [1.54, 1.807) is 12.4 Å². The van der Waals surface area contributed by atoms with Crippen LogP contribution in [0, 0.1) is 0 Å². The fraction of sp³-hybridized carbons (Fsp3) is 0. The Morgan fingerprint density at radius 2 is 0.414 bits per heavy atom. The molecule has 0 aliphatic carbocycles. The molecule has 4 heteroatoms. The van der Waals surface area contributed by atoms with Crippen LogP contribution in [0.2, 0.25) is 0 Å². The van der Waals surface area contributed by atoms with Gasteiger partial charge >= 0.3 is 0 Å². The van der Waals surface area contributed by atoms with E-state index in [9.17, 15) is 0 Å². The van der Waals surface area contributed by atoms with Gasteiger partial charge in [0.1, 0.15) is 0 Å². The molecular weight excluding hydrogens is 709 g/mol. The van der Waals surface area contributed by atoms with Crippen molar-refractivity contribution in [2.24, 2.45) is 0 Å². The molecule has 0 unspecified atom stereocenters. The highest BCUT2D eigenvalue weighted by Gasteiger charge is 2.11. The SMILES string of the molecule is c1ccc(-c2ccc(-c3cnc(-c4ccc(-c5ccccc5)cc4)o3)cc2)cc1.c1ccc(-c2ccc(-c3cnc(-c4ccc(-c5ccccc5)cc4)o3)cc2)cc1. The van der Waals surface area contributed by atoms with Gasteiger partial charge in [-0.3, -0.25) is 0 Å². The molecule has 0 saturated heterocycles. The predicted octanol–water partition coefficient (Wildman–Crippen LogP) is 14.7. The summed E-state index contributed by atoms with van der Waals surface area (Å²) in [5, 5.41) is 0. The molecule has 0 fully saturated rings. The van der Waals surface area contributed by atoms with Crippen molar-refractivity contribution in [1.82, 2.24) is 9.97 Å². The van der Waals surface area contributed by atoms with Crippen LogP contribution in [0.25, 0.3) is 90.1 Å². The Balaban J connectivity index is 0.000000150. The molecule has 8 aromatic carbocycles. The predicted molar refractivity (Wildman–Crippen MR) is 236 cm³/mol. The van der Waals surface area contributed by atoms with E-state index < -0.39 is 0 Å². The molecule has 10 aromatic rings. The van der Waals surface area contributed by atoms with Gasteiger partial charge in [0.15, 0.2) is 11.5 Å². The van der Waals surface area contributed by atoms with Gasteiger partial charge in [0, 0.05) is 22.3 Å². The number of oxazole rings is 2. The highest BCUT2D eigenvalue weighted by molar-refractivity contribution is 5.72.